The zero-order valence-electron chi connectivity index (χ0n) is 30.9. The van der Waals surface area contributed by atoms with Crippen molar-refractivity contribution >= 4 is 41.2 Å². The van der Waals surface area contributed by atoms with Gasteiger partial charge in [0.2, 0.25) is 29.5 Å². The number of halogens is 3. The van der Waals surface area contributed by atoms with Crippen LogP contribution in [0.3, 0.4) is 0 Å². The van der Waals surface area contributed by atoms with Gasteiger partial charge in [0, 0.05) is 44.2 Å². The Bertz CT molecular complexity index is 2080. The second-order valence-corrected chi connectivity index (χ2v) is 13.8. The third kappa shape index (κ3) is 12.2. The second kappa shape index (κ2) is 18.9. The molecule has 2 bridgehead atoms. The van der Waals surface area contributed by atoms with Gasteiger partial charge in [0.15, 0.2) is 0 Å². The Morgan fingerprint density at radius 3 is 1.74 bits per heavy atom. The highest BCUT2D eigenvalue weighted by Gasteiger charge is 2.33. The van der Waals surface area contributed by atoms with Crippen molar-refractivity contribution in [3.63, 3.8) is 0 Å². The van der Waals surface area contributed by atoms with Gasteiger partial charge in [-0.25, -0.2) is 4.79 Å². The zero-order chi connectivity index (χ0) is 41.1. The van der Waals surface area contributed by atoms with E-state index in [0.717, 1.165) is 29.8 Å². The Morgan fingerprint density at radius 1 is 0.632 bits per heavy atom. The van der Waals surface area contributed by atoms with Crippen molar-refractivity contribution in [2.75, 3.05) is 5.32 Å². The third-order valence-electron chi connectivity index (χ3n) is 9.48. The predicted octanol–water partition coefficient (Wildman–Crippen LogP) is 4.04. The highest BCUT2D eigenvalue weighted by molar-refractivity contribution is 5.97. The number of alkyl halides is 3. The summed E-state index contributed by atoms with van der Waals surface area (Å²) < 4.78 is 40.2. The number of carbonyl (C=O) groups is 6. The molecule has 15 heteroatoms. The molecule has 0 saturated carbocycles. The number of aryl methyl sites for hydroxylation is 1. The van der Waals surface area contributed by atoms with Gasteiger partial charge in [-0.05, 0) is 59.0 Å². The van der Waals surface area contributed by atoms with Gasteiger partial charge in [-0.15, -0.1) is 0 Å². The monoisotopic (exact) mass is 785 g/mol. The summed E-state index contributed by atoms with van der Waals surface area (Å²) in [7, 11) is 0. The number of amides is 5. The van der Waals surface area contributed by atoms with Crippen molar-refractivity contribution < 1.29 is 47.0 Å². The predicted molar refractivity (Wildman–Crippen MR) is 204 cm³/mol. The van der Waals surface area contributed by atoms with Crippen LogP contribution in [0.25, 0.3) is 0 Å². The van der Waals surface area contributed by atoms with E-state index < -0.39 is 71.4 Å². The summed E-state index contributed by atoms with van der Waals surface area (Å²) >= 11 is 0. The standard InChI is InChI=1S/C42H42F3N5O7/c1-25-7-5-6-10-29(25)24-34-40(55)49-33(22-27-11-15-30(16-12-27)42(43,44)45)38(53)48-32(21-26-8-3-2-4-9-26)39(54)50-35(41(56)57)23-28-13-17-31(18-14-28)46-36(51)19-20-37(52)47-34/h2-18,32-35H,19-24H2,1H3,(H,46,51)(H,47,52)(H,48,53)(H,49,55)(H,50,54)(H,56,57)/t32-,33+,34-,35+/m1/s1. The molecule has 6 N–H and O–H groups in total. The normalized spacial score (nSPS) is 20.2. The minimum Gasteiger partial charge on any atom is -0.480 e. The summed E-state index contributed by atoms with van der Waals surface area (Å²) in [5, 5.41) is 23.2. The van der Waals surface area contributed by atoms with Crippen molar-refractivity contribution in [1.29, 1.82) is 0 Å². The van der Waals surface area contributed by atoms with E-state index in [1.807, 2.05) is 13.0 Å². The van der Waals surface area contributed by atoms with Gasteiger partial charge in [-0.1, -0.05) is 78.9 Å². The van der Waals surface area contributed by atoms with Crippen LogP contribution in [0.5, 0.6) is 0 Å². The second-order valence-electron chi connectivity index (χ2n) is 13.8. The molecule has 57 heavy (non-hydrogen) atoms. The molecule has 0 radical (unpaired) electrons. The van der Waals surface area contributed by atoms with Gasteiger partial charge in [0.1, 0.15) is 24.2 Å². The molecule has 0 spiro atoms. The number of hydrogen-bond acceptors (Lipinski definition) is 6. The van der Waals surface area contributed by atoms with E-state index >= 15 is 0 Å². The van der Waals surface area contributed by atoms with Crippen LogP contribution in [0, 0.1) is 6.92 Å². The number of benzene rings is 4. The molecule has 2 aliphatic rings. The third-order valence-corrected chi connectivity index (χ3v) is 9.48. The Hall–Kier alpha value is -6.51. The van der Waals surface area contributed by atoms with Gasteiger partial charge in [0.05, 0.1) is 5.56 Å². The van der Waals surface area contributed by atoms with E-state index in [4.69, 9.17) is 0 Å². The molecule has 4 aromatic rings. The zero-order valence-corrected chi connectivity index (χ0v) is 30.9. The lowest BCUT2D eigenvalue weighted by atomic mass is 9.98. The molecule has 0 unspecified atom stereocenters. The number of fused-ring (bicyclic) bond motifs is 18. The van der Waals surface area contributed by atoms with Gasteiger partial charge >= 0.3 is 12.1 Å². The van der Waals surface area contributed by atoms with E-state index in [0.29, 0.717) is 22.4 Å². The molecule has 0 aromatic heterocycles. The van der Waals surface area contributed by atoms with Gasteiger partial charge in [-0.2, -0.15) is 13.2 Å². The number of carboxylic acid groups (broad SMARTS) is 1. The van der Waals surface area contributed by atoms with E-state index in [-0.39, 0.29) is 44.1 Å². The fourth-order valence-corrected chi connectivity index (χ4v) is 6.30. The van der Waals surface area contributed by atoms with Crippen LogP contribution in [0.15, 0.2) is 103 Å². The van der Waals surface area contributed by atoms with Crippen LogP contribution in [-0.4, -0.2) is 64.8 Å². The van der Waals surface area contributed by atoms with Crippen molar-refractivity contribution in [1.82, 2.24) is 21.3 Å². The molecule has 2 heterocycles. The number of aliphatic carboxylic acids is 1. The first-order chi connectivity index (χ1) is 27.1. The smallest absolute Gasteiger partial charge is 0.416 e. The maximum absolute atomic E-state index is 14.2. The van der Waals surface area contributed by atoms with Crippen LogP contribution in [-0.2, 0) is 60.6 Å². The maximum Gasteiger partial charge on any atom is 0.416 e. The average molecular weight is 786 g/mol. The average Bonchev–Trinajstić information content (AvgIpc) is 3.17. The molecular formula is C42H42F3N5O7. The molecule has 0 fully saturated rings. The molecule has 298 valence electrons. The van der Waals surface area contributed by atoms with Crippen LogP contribution < -0.4 is 26.6 Å². The Labute approximate surface area is 326 Å². The Balaban J connectivity index is 1.53. The fourth-order valence-electron chi connectivity index (χ4n) is 6.30. The van der Waals surface area contributed by atoms with Crippen molar-refractivity contribution in [3.05, 3.63) is 137 Å². The number of carboxylic acids is 1. The number of carbonyl (C=O) groups excluding carboxylic acids is 5. The van der Waals surface area contributed by atoms with Crippen molar-refractivity contribution in [3.8, 4) is 0 Å². The summed E-state index contributed by atoms with van der Waals surface area (Å²) in [4.78, 5) is 80.7. The number of hydrogen-bond donors (Lipinski definition) is 6. The van der Waals surface area contributed by atoms with Crippen molar-refractivity contribution in [2.45, 2.75) is 75.8 Å². The van der Waals surface area contributed by atoms with Crippen molar-refractivity contribution in [2.24, 2.45) is 0 Å². The SMILES string of the molecule is Cc1ccccc1C[C@H]1NC(=O)CCC(=O)Nc2ccc(cc2)C[C@@H](C(=O)O)NC(=O)[C@@H](Cc2ccccc2)NC(=O)[C@H](Cc2ccc(C(F)(F)F)cc2)NC1=O. The first-order valence-electron chi connectivity index (χ1n) is 18.2. The van der Waals surface area contributed by atoms with Crippen LogP contribution in [0.1, 0.15) is 46.2 Å². The van der Waals surface area contributed by atoms with Crippen LogP contribution in [0.4, 0.5) is 18.9 Å². The summed E-state index contributed by atoms with van der Waals surface area (Å²) in [5.74, 6) is -5.05. The quantitative estimate of drug-likeness (QED) is 0.153. The molecular weight excluding hydrogens is 743 g/mol. The molecule has 0 saturated heterocycles. The number of nitrogens with one attached hydrogen (secondary N) is 5. The highest BCUT2D eigenvalue weighted by atomic mass is 19.4. The molecule has 2 aliphatic heterocycles. The fraction of sp³-hybridized carbons (Fsp3) is 0.286. The van der Waals surface area contributed by atoms with Crippen LogP contribution >= 0.6 is 0 Å². The highest BCUT2D eigenvalue weighted by Crippen LogP contribution is 2.29. The van der Waals surface area contributed by atoms with Crippen LogP contribution in [0.2, 0.25) is 0 Å². The molecule has 4 aromatic carbocycles. The largest absolute Gasteiger partial charge is 0.480 e. The van der Waals surface area contributed by atoms with Gasteiger partial charge in [0.25, 0.3) is 0 Å². The topological polar surface area (TPSA) is 183 Å². The molecule has 5 amide bonds. The maximum atomic E-state index is 14.2. The lowest BCUT2D eigenvalue weighted by molar-refractivity contribution is -0.142. The summed E-state index contributed by atoms with van der Waals surface area (Å²) in [5.41, 5.74) is 2.31. The van der Waals surface area contributed by atoms with Gasteiger partial charge in [-0.3, -0.25) is 24.0 Å². The summed E-state index contributed by atoms with van der Waals surface area (Å²) in [6.07, 6.45) is -5.77. The van der Waals surface area contributed by atoms with Gasteiger partial charge < -0.3 is 31.7 Å². The van der Waals surface area contributed by atoms with E-state index in [1.54, 1.807) is 72.8 Å². The summed E-state index contributed by atoms with van der Waals surface area (Å²) in [6, 6.07) is 20.4. The summed E-state index contributed by atoms with van der Waals surface area (Å²) in [6.45, 7) is 1.81. The molecule has 12 nitrogen and oxygen atoms in total. The minimum atomic E-state index is -4.63. The Kier molecular flexibility index (Phi) is 13.8. The lowest BCUT2D eigenvalue weighted by Crippen LogP contribution is -2.59. The Morgan fingerprint density at radius 2 is 1.16 bits per heavy atom. The molecule has 0 aliphatic carbocycles. The van der Waals surface area contributed by atoms with E-state index in [9.17, 15) is 47.0 Å². The lowest BCUT2D eigenvalue weighted by Gasteiger charge is -2.27. The van der Waals surface area contributed by atoms with E-state index in [1.165, 1.54) is 0 Å². The molecule has 6 rings (SSSR count). The first-order valence-corrected chi connectivity index (χ1v) is 18.2. The first kappa shape index (κ1) is 41.6. The van der Waals surface area contributed by atoms with E-state index in [2.05, 4.69) is 26.6 Å². The molecule has 4 atom stereocenters. The number of anilines is 1. The number of rotatable bonds is 7. The minimum absolute atomic E-state index is 0.0208.